The van der Waals surface area contributed by atoms with Crippen LogP contribution in [-0.4, -0.2) is 22.7 Å². The number of aromatic nitrogens is 1. The van der Waals surface area contributed by atoms with Crippen LogP contribution in [0.3, 0.4) is 0 Å². The SMILES string of the molecule is O=C(Cc1cccc(-c2ccccc2CO)n1)C1(c2ccc3c(c2)OCO3)CC1.[HH]. The predicted octanol–water partition coefficient (Wildman–Crippen LogP) is 4.06. The smallest absolute Gasteiger partial charge is 0.231 e. The molecule has 3 aromatic rings. The highest BCUT2D eigenvalue weighted by Crippen LogP contribution is 2.51. The van der Waals surface area contributed by atoms with Crippen LogP contribution in [0.1, 0.15) is 31.1 Å². The zero-order chi connectivity index (χ0) is 19.8. The Hall–Kier alpha value is -3.18. The summed E-state index contributed by atoms with van der Waals surface area (Å²) in [5.74, 6) is 1.62. The molecule has 0 unspecified atom stereocenters. The molecule has 0 atom stereocenters. The number of ether oxygens (including phenoxy) is 2. The molecule has 0 radical (unpaired) electrons. The molecule has 1 aliphatic carbocycles. The van der Waals surface area contributed by atoms with Crippen molar-refractivity contribution in [1.29, 1.82) is 0 Å². The van der Waals surface area contributed by atoms with Crippen LogP contribution in [0.4, 0.5) is 0 Å². The van der Waals surface area contributed by atoms with Crippen molar-refractivity contribution < 1.29 is 20.8 Å². The van der Waals surface area contributed by atoms with E-state index in [2.05, 4.69) is 0 Å². The Morgan fingerprint density at radius 1 is 1.03 bits per heavy atom. The van der Waals surface area contributed by atoms with Crippen LogP contribution in [0.25, 0.3) is 11.3 Å². The van der Waals surface area contributed by atoms with Gasteiger partial charge in [-0.2, -0.15) is 0 Å². The molecule has 1 aliphatic heterocycles. The molecule has 5 rings (SSSR count). The number of ketones is 1. The second-order valence-corrected chi connectivity index (χ2v) is 7.58. The number of pyridine rings is 1. The number of Topliss-reactive ketones (excluding diaryl/α,β-unsaturated/α-hetero) is 1. The van der Waals surface area contributed by atoms with Gasteiger partial charge in [-0.25, -0.2) is 0 Å². The molecule has 1 aromatic heterocycles. The van der Waals surface area contributed by atoms with Crippen molar-refractivity contribution in [1.82, 2.24) is 4.98 Å². The van der Waals surface area contributed by atoms with E-state index in [1.807, 2.05) is 60.7 Å². The average Bonchev–Trinajstić information content (AvgIpc) is 3.45. The molecule has 5 nitrogen and oxygen atoms in total. The number of hydrogen-bond acceptors (Lipinski definition) is 5. The Labute approximate surface area is 170 Å². The summed E-state index contributed by atoms with van der Waals surface area (Å²) in [4.78, 5) is 17.9. The number of aliphatic hydroxyl groups excluding tert-OH is 1. The minimum absolute atomic E-state index is 0. The Morgan fingerprint density at radius 3 is 2.69 bits per heavy atom. The van der Waals surface area contributed by atoms with E-state index in [1.165, 1.54) is 0 Å². The maximum Gasteiger partial charge on any atom is 0.231 e. The van der Waals surface area contributed by atoms with Crippen LogP contribution in [0.15, 0.2) is 60.7 Å². The summed E-state index contributed by atoms with van der Waals surface area (Å²) in [6.07, 6.45) is 1.97. The highest BCUT2D eigenvalue weighted by molar-refractivity contribution is 5.94. The lowest BCUT2D eigenvalue weighted by atomic mass is 9.88. The summed E-state index contributed by atoms with van der Waals surface area (Å²) < 4.78 is 10.9. The fraction of sp³-hybridized carbons (Fsp3) is 0.250. The summed E-state index contributed by atoms with van der Waals surface area (Å²) in [5.41, 5.74) is 3.78. The lowest BCUT2D eigenvalue weighted by molar-refractivity contribution is -0.120. The van der Waals surface area contributed by atoms with Crippen LogP contribution in [0.5, 0.6) is 11.5 Å². The van der Waals surface area contributed by atoms with Gasteiger partial charge in [0.1, 0.15) is 5.78 Å². The zero-order valence-corrected chi connectivity index (χ0v) is 15.9. The van der Waals surface area contributed by atoms with Gasteiger partial charge in [-0.3, -0.25) is 9.78 Å². The van der Waals surface area contributed by atoms with Gasteiger partial charge in [0, 0.05) is 19.1 Å². The lowest BCUT2D eigenvalue weighted by Gasteiger charge is -2.15. The van der Waals surface area contributed by atoms with Crippen molar-refractivity contribution in [3.05, 3.63) is 77.5 Å². The molecule has 1 fully saturated rings. The Morgan fingerprint density at radius 2 is 1.86 bits per heavy atom. The van der Waals surface area contributed by atoms with E-state index in [0.717, 1.165) is 46.7 Å². The Balaban J connectivity index is 0.00000218. The number of carbonyl (C=O) groups excluding carboxylic acids is 1. The van der Waals surface area contributed by atoms with Crippen LogP contribution in [0.2, 0.25) is 0 Å². The predicted molar refractivity (Wildman–Crippen MR) is 110 cm³/mol. The molecule has 5 heteroatoms. The minimum atomic E-state index is -0.443. The number of rotatable bonds is 6. The first-order valence-electron chi connectivity index (χ1n) is 9.78. The van der Waals surface area contributed by atoms with Crippen LogP contribution < -0.4 is 9.47 Å². The lowest BCUT2D eigenvalue weighted by Crippen LogP contribution is -2.23. The van der Waals surface area contributed by atoms with Gasteiger partial charge in [0.25, 0.3) is 0 Å². The molecule has 2 aliphatic rings. The largest absolute Gasteiger partial charge is 0.454 e. The number of aliphatic hydroxyl groups is 1. The first-order valence-corrected chi connectivity index (χ1v) is 9.78. The molecule has 1 saturated carbocycles. The highest BCUT2D eigenvalue weighted by atomic mass is 16.7. The van der Waals surface area contributed by atoms with Gasteiger partial charge >= 0.3 is 0 Å². The van der Waals surface area contributed by atoms with E-state index in [0.29, 0.717) is 5.75 Å². The summed E-state index contributed by atoms with van der Waals surface area (Å²) >= 11 is 0. The molecular formula is C24H23NO4. The van der Waals surface area contributed by atoms with E-state index in [-0.39, 0.29) is 27.0 Å². The number of benzene rings is 2. The molecule has 2 heterocycles. The van der Waals surface area contributed by atoms with Gasteiger partial charge in [-0.05, 0) is 48.2 Å². The Kier molecular flexibility index (Phi) is 4.32. The fourth-order valence-electron chi connectivity index (χ4n) is 4.02. The maximum absolute atomic E-state index is 13.2. The zero-order valence-electron chi connectivity index (χ0n) is 15.9. The van der Waals surface area contributed by atoms with Crippen molar-refractivity contribution in [2.45, 2.75) is 31.3 Å². The molecule has 29 heavy (non-hydrogen) atoms. The normalized spacial score (nSPS) is 15.9. The summed E-state index contributed by atoms with van der Waals surface area (Å²) in [6, 6.07) is 19.1. The molecule has 0 saturated heterocycles. The number of fused-ring (bicyclic) bond motifs is 1. The van der Waals surface area contributed by atoms with E-state index < -0.39 is 5.41 Å². The quantitative estimate of drug-likeness (QED) is 0.689. The Bertz CT molecular complexity index is 1090. The average molecular weight is 389 g/mol. The van der Waals surface area contributed by atoms with Crippen molar-refractivity contribution >= 4 is 5.78 Å². The van der Waals surface area contributed by atoms with Crippen LogP contribution in [-0.2, 0) is 23.2 Å². The van der Waals surface area contributed by atoms with E-state index in [4.69, 9.17) is 14.5 Å². The van der Waals surface area contributed by atoms with E-state index in [1.54, 1.807) is 0 Å². The first kappa shape index (κ1) is 17.9. The molecule has 0 bridgehead atoms. The monoisotopic (exact) mass is 389 g/mol. The molecule has 148 valence electrons. The highest BCUT2D eigenvalue weighted by Gasteiger charge is 2.50. The third-order valence-corrected chi connectivity index (χ3v) is 5.82. The minimum Gasteiger partial charge on any atom is -0.454 e. The van der Waals surface area contributed by atoms with Crippen molar-refractivity contribution in [2.75, 3.05) is 6.79 Å². The van der Waals surface area contributed by atoms with Gasteiger partial charge in [0.05, 0.1) is 17.7 Å². The van der Waals surface area contributed by atoms with Crippen molar-refractivity contribution in [3.63, 3.8) is 0 Å². The van der Waals surface area contributed by atoms with Crippen molar-refractivity contribution in [3.8, 4) is 22.8 Å². The van der Waals surface area contributed by atoms with E-state index >= 15 is 0 Å². The fourth-order valence-corrected chi connectivity index (χ4v) is 4.02. The second-order valence-electron chi connectivity index (χ2n) is 7.58. The summed E-state index contributed by atoms with van der Waals surface area (Å²) in [7, 11) is 0. The van der Waals surface area contributed by atoms with Crippen LogP contribution in [0, 0.1) is 0 Å². The van der Waals surface area contributed by atoms with E-state index in [9.17, 15) is 9.90 Å². The van der Waals surface area contributed by atoms with Crippen molar-refractivity contribution in [2.24, 2.45) is 0 Å². The topological polar surface area (TPSA) is 68.7 Å². The molecule has 0 spiro atoms. The maximum atomic E-state index is 13.2. The molecular weight excluding hydrogens is 366 g/mol. The summed E-state index contributed by atoms with van der Waals surface area (Å²) in [5, 5.41) is 9.60. The van der Waals surface area contributed by atoms with Crippen LogP contribution >= 0.6 is 0 Å². The standard InChI is InChI=1S/C24H21NO4.H2/c26-14-16-4-1-2-6-19(16)20-7-3-5-18(25-20)13-23(27)24(10-11-24)17-8-9-21-22(12-17)29-15-28-21;/h1-9,12,26H,10-11,13-15H2;1H. The number of hydrogen-bond donors (Lipinski definition) is 1. The van der Waals surface area contributed by atoms with Gasteiger partial charge in [0.15, 0.2) is 11.5 Å². The molecule has 0 amide bonds. The number of nitrogens with zero attached hydrogens (tertiary/aromatic N) is 1. The number of carbonyl (C=O) groups is 1. The second kappa shape index (κ2) is 7.01. The van der Waals surface area contributed by atoms with Gasteiger partial charge in [-0.15, -0.1) is 0 Å². The third-order valence-electron chi connectivity index (χ3n) is 5.82. The summed E-state index contributed by atoms with van der Waals surface area (Å²) in [6.45, 7) is 0.181. The first-order chi connectivity index (χ1) is 14.2. The van der Waals surface area contributed by atoms with Gasteiger partial charge < -0.3 is 14.6 Å². The third kappa shape index (κ3) is 3.17. The van der Waals surface area contributed by atoms with Gasteiger partial charge in [0.2, 0.25) is 6.79 Å². The molecule has 1 N–H and O–H groups in total. The van der Waals surface area contributed by atoms with Gasteiger partial charge in [-0.1, -0.05) is 36.4 Å². The molecule has 2 aromatic carbocycles.